The number of hydrogen-bond acceptors (Lipinski definition) is 5. The van der Waals surface area contributed by atoms with Crippen molar-refractivity contribution < 1.29 is 14.3 Å². The van der Waals surface area contributed by atoms with Crippen LogP contribution in [-0.2, 0) is 0 Å². The molecule has 0 spiro atoms. The van der Waals surface area contributed by atoms with Crippen molar-refractivity contribution in [1.29, 1.82) is 0 Å². The average molecular weight is 410 g/mol. The molecule has 6 nitrogen and oxygen atoms in total. The van der Waals surface area contributed by atoms with E-state index in [1.807, 2.05) is 66.4 Å². The van der Waals surface area contributed by atoms with E-state index in [0.717, 1.165) is 28.5 Å². The third kappa shape index (κ3) is 3.97. The number of hydrogen-bond donors (Lipinski definition) is 2. The van der Waals surface area contributed by atoms with E-state index in [9.17, 15) is 5.11 Å². The van der Waals surface area contributed by atoms with Crippen LogP contribution in [0.15, 0.2) is 65.2 Å². The maximum atomic E-state index is 9.53. The van der Waals surface area contributed by atoms with Gasteiger partial charge in [-0.25, -0.2) is 0 Å². The summed E-state index contributed by atoms with van der Waals surface area (Å²) in [4.78, 5) is 6.44. The molecule has 7 heteroatoms. The van der Waals surface area contributed by atoms with Gasteiger partial charge in [-0.1, -0.05) is 6.07 Å². The number of thiocarbonyl (C=S) groups is 1. The van der Waals surface area contributed by atoms with Crippen LogP contribution in [0, 0.1) is 0 Å². The Balaban J connectivity index is 1.66. The van der Waals surface area contributed by atoms with E-state index in [-0.39, 0.29) is 18.7 Å². The quantitative estimate of drug-likeness (QED) is 0.577. The summed E-state index contributed by atoms with van der Waals surface area (Å²) in [5, 5.41) is 13.4. The zero-order valence-corrected chi connectivity index (χ0v) is 16.9. The van der Waals surface area contributed by atoms with E-state index < -0.39 is 0 Å². The third-order valence-corrected chi connectivity index (χ3v) is 5.26. The summed E-state index contributed by atoms with van der Waals surface area (Å²) in [5.74, 6) is 2.37. The zero-order chi connectivity index (χ0) is 20.2. The summed E-state index contributed by atoms with van der Waals surface area (Å²) >= 11 is 5.52. The number of β-amino-alcohol motifs (C(OH)–C–C–N with tert-alkyl or cyclic N) is 1. The van der Waals surface area contributed by atoms with E-state index >= 15 is 0 Å². The van der Waals surface area contributed by atoms with Crippen molar-refractivity contribution in [2.75, 3.05) is 19.8 Å². The zero-order valence-electron chi connectivity index (χ0n) is 16.1. The van der Waals surface area contributed by atoms with E-state index in [1.54, 1.807) is 6.20 Å². The molecule has 29 heavy (non-hydrogen) atoms. The Morgan fingerprint density at radius 2 is 2.00 bits per heavy atom. The normalized spacial score (nSPS) is 18.7. The predicted molar refractivity (Wildman–Crippen MR) is 115 cm³/mol. The molecule has 1 aliphatic heterocycles. The minimum atomic E-state index is -0.194. The molecular weight excluding hydrogens is 386 g/mol. The lowest BCUT2D eigenvalue weighted by atomic mass is 10.0. The Morgan fingerprint density at radius 3 is 2.69 bits per heavy atom. The largest absolute Gasteiger partial charge is 0.494 e. The Labute approximate surface area is 175 Å². The number of furan rings is 1. The fraction of sp³-hybridized carbons (Fsp3) is 0.273. The van der Waals surface area contributed by atoms with Gasteiger partial charge in [-0.2, -0.15) is 0 Å². The lowest BCUT2D eigenvalue weighted by Crippen LogP contribution is -2.32. The van der Waals surface area contributed by atoms with Gasteiger partial charge < -0.3 is 24.5 Å². The number of nitrogens with one attached hydrogen (secondary N) is 1. The van der Waals surface area contributed by atoms with Gasteiger partial charge in [-0.05, 0) is 67.7 Å². The number of nitrogens with zero attached hydrogens (tertiary/aromatic N) is 2. The molecule has 0 aliphatic carbocycles. The molecule has 1 fully saturated rings. The predicted octanol–water partition coefficient (Wildman–Crippen LogP) is 3.71. The molecule has 0 bridgehead atoms. The van der Waals surface area contributed by atoms with Crippen LogP contribution in [0.2, 0.25) is 0 Å². The van der Waals surface area contributed by atoms with Crippen LogP contribution in [0.3, 0.4) is 0 Å². The molecular formula is C22H23N3O3S. The summed E-state index contributed by atoms with van der Waals surface area (Å²) in [7, 11) is 0. The number of benzene rings is 1. The van der Waals surface area contributed by atoms with Gasteiger partial charge in [0.05, 0.1) is 24.9 Å². The minimum Gasteiger partial charge on any atom is -0.494 e. The topological polar surface area (TPSA) is 70.8 Å². The molecule has 2 aromatic heterocycles. The lowest BCUT2D eigenvalue weighted by Gasteiger charge is -2.25. The number of aliphatic hydroxyl groups excluding tert-OH is 1. The van der Waals surface area contributed by atoms with Crippen LogP contribution >= 0.6 is 12.2 Å². The van der Waals surface area contributed by atoms with Crippen LogP contribution in [0.25, 0.3) is 11.3 Å². The van der Waals surface area contributed by atoms with Crippen LogP contribution in [0.1, 0.15) is 30.5 Å². The monoisotopic (exact) mass is 409 g/mol. The highest BCUT2D eigenvalue weighted by Crippen LogP contribution is 2.40. The van der Waals surface area contributed by atoms with Crippen LogP contribution < -0.4 is 10.1 Å². The first-order chi connectivity index (χ1) is 14.2. The Hall–Kier alpha value is -2.90. The smallest absolute Gasteiger partial charge is 0.170 e. The summed E-state index contributed by atoms with van der Waals surface area (Å²) in [5.41, 5.74) is 1.84. The molecule has 2 atom stereocenters. The molecule has 1 aromatic carbocycles. The van der Waals surface area contributed by atoms with E-state index in [0.29, 0.717) is 18.3 Å². The van der Waals surface area contributed by atoms with E-state index in [1.165, 1.54) is 0 Å². The molecule has 3 aromatic rings. The molecule has 1 saturated heterocycles. The molecule has 150 valence electrons. The second-order valence-corrected chi connectivity index (χ2v) is 7.09. The molecule has 2 N–H and O–H groups in total. The second-order valence-electron chi connectivity index (χ2n) is 6.70. The highest BCUT2D eigenvalue weighted by Gasteiger charge is 2.41. The van der Waals surface area contributed by atoms with Crippen molar-refractivity contribution in [3.8, 4) is 17.1 Å². The van der Waals surface area contributed by atoms with E-state index in [4.69, 9.17) is 21.4 Å². The Bertz CT molecular complexity index is 959. The number of ether oxygens (including phenoxy) is 1. The Kier molecular flexibility index (Phi) is 5.78. The summed E-state index contributed by atoms with van der Waals surface area (Å²) in [6.45, 7) is 3.01. The first kappa shape index (κ1) is 19.4. The van der Waals surface area contributed by atoms with Gasteiger partial charge in [0.25, 0.3) is 0 Å². The van der Waals surface area contributed by atoms with Gasteiger partial charge in [0.1, 0.15) is 23.3 Å². The van der Waals surface area contributed by atoms with Crippen LogP contribution in [0.5, 0.6) is 5.75 Å². The van der Waals surface area contributed by atoms with Crippen LogP contribution in [0.4, 0.5) is 0 Å². The summed E-state index contributed by atoms with van der Waals surface area (Å²) < 4.78 is 11.7. The van der Waals surface area contributed by atoms with Gasteiger partial charge in [-0.15, -0.1) is 0 Å². The van der Waals surface area contributed by atoms with Crippen molar-refractivity contribution >= 4 is 17.3 Å². The van der Waals surface area contributed by atoms with Crippen molar-refractivity contribution in [2.45, 2.75) is 19.0 Å². The molecule has 4 rings (SSSR count). The highest BCUT2D eigenvalue weighted by molar-refractivity contribution is 7.80. The maximum Gasteiger partial charge on any atom is 0.170 e. The lowest BCUT2D eigenvalue weighted by molar-refractivity contribution is 0.209. The van der Waals surface area contributed by atoms with Gasteiger partial charge in [0.2, 0.25) is 0 Å². The molecule has 0 amide bonds. The fourth-order valence-corrected chi connectivity index (χ4v) is 3.94. The fourth-order valence-electron chi connectivity index (χ4n) is 3.61. The minimum absolute atomic E-state index is 0.000283. The van der Waals surface area contributed by atoms with Gasteiger partial charge in [-0.3, -0.25) is 4.98 Å². The SMILES string of the molecule is CCOc1ccc(-c2ccc(C3C(c4ccccn4)NC(=S)N3CCO)o2)cc1. The number of aliphatic hydroxyl groups is 1. The molecule has 0 radical (unpaired) electrons. The Morgan fingerprint density at radius 1 is 1.17 bits per heavy atom. The molecule has 2 unspecified atom stereocenters. The van der Waals surface area contributed by atoms with Gasteiger partial charge in [0, 0.05) is 18.3 Å². The number of rotatable bonds is 7. The van der Waals surface area contributed by atoms with Crippen molar-refractivity contribution in [3.63, 3.8) is 0 Å². The van der Waals surface area contributed by atoms with Crippen LogP contribution in [-0.4, -0.2) is 39.9 Å². The standard InChI is InChI=1S/C22H23N3O3S/c1-2-27-16-8-6-15(7-9-16)18-10-11-19(28-18)21-20(17-5-3-4-12-23-17)24-22(29)25(21)13-14-26/h3-12,20-21,26H,2,13-14H2,1H3,(H,24,29). The molecule has 3 heterocycles. The number of aromatic nitrogens is 1. The maximum absolute atomic E-state index is 9.53. The molecule has 1 aliphatic rings. The summed E-state index contributed by atoms with van der Waals surface area (Å²) in [6.07, 6.45) is 1.76. The van der Waals surface area contributed by atoms with E-state index in [2.05, 4.69) is 10.3 Å². The van der Waals surface area contributed by atoms with Gasteiger partial charge in [0.15, 0.2) is 5.11 Å². The average Bonchev–Trinajstić information content (AvgIpc) is 3.35. The first-order valence-electron chi connectivity index (χ1n) is 9.63. The number of pyridine rings is 1. The third-order valence-electron chi connectivity index (χ3n) is 4.91. The van der Waals surface area contributed by atoms with Crippen molar-refractivity contribution in [2.24, 2.45) is 0 Å². The second kappa shape index (κ2) is 8.63. The molecule has 0 saturated carbocycles. The van der Waals surface area contributed by atoms with Crippen molar-refractivity contribution in [1.82, 2.24) is 15.2 Å². The van der Waals surface area contributed by atoms with Gasteiger partial charge >= 0.3 is 0 Å². The summed E-state index contributed by atoms with van der Waals surface area (Å²) in [6, 6.07) is 17.2. The highest BCUT2D eigenvalue weighted by atomic mass is 32.1. The van der Waals surface area contributed by atoms with Crippen molar-refractivity contribution in [3.05, 3.63) is 72.2 Å². The first-order valence-corrected chi connectivity index (χ1v) is 10.0.